The molecule has 0 aliphatic heterocycles. The van der Waals surface area contributed by atoms with Gasteiger partial charge < -0.3 is 24.9 Å². The molecule has 0 fully saturated rings. The highest BCUT2D eigenvalue weighted by Crippen LogP contribution is 2.02. The molecule has 1 atom stereocenters. The van der Waals surface area contributed by atoms with Gasteiger partial charge in [0.2, 0.25) is 5.91 Å². The number of Topliss-reactive ketones (excluding diaryl/α,β-unsaturated/α-hetero) is 1. The molecule has 0 radical (unpaired) electrons. The van der Waals surface area contributed by atoms with Gasteiger partial charge in [-0.05, 0) is 32.1 Å². The van der Waals surface area contributed by atoms with Crippen LogP contribution in [0.25, 0.3) is 0 Å². The second-order valence-electron chi connectivity index (χ2n) is 6.90. The number of hydrogen-bond acceptors (Lipinski definition) is 7. The second-order valence-corrected chi connectivity index (χ2v) is 6.90. The van der Waals surface area contributed by atoms with Gasteiger partial charge in [-0.15, -0.1) is 0 Å². The SMILES string of the molecule is CCCOCCOCC(=O)NCCCC[C@H](NCC(=O)CCc1cnc[nH]1)C(=O)O. The third-order valence-electron chi connectivity index (χ3n) is 4.27. The summed E-state index contributed by atoms with van der Waals surface area (Å²) in [6, 6.07) is -0.789. The van der Waals surface area contributed by atoms with E-state index < -0.39 is 12.0 Å². The number of ketones is 1. The number of aryl methyl sites for hydroxylation is 1. The first-order valence-corrected chi connectivity index (χ1v) is 10.4. The van der Waals surface area contributed by atoms with Gasteiger partial charge in [0.15, 0.2) is 0 Å². The number of H-pyrrole nitrogens is 1. The van der Waals surface area contributed by atoms with E-state index in [0.29, 0.717) is 58.5 Å². The van der Waals surface area contributed by atoms with Crippen LogP contribution < -0.4 is 10.6 Å². The molecule has 0 bridgehead atoms. The van der Waals surface area contributed by atoms with Crippen molar-refractivity contribution in [1.29, 1.82) is 0 Å². The normalized spacial score (nSPS) is 11.9. The summed E-state index contributed by atoms with van der Waals surface area (Å²) in [7, 11) is 0. The van der Waals surface area contributed by atoms with Crippen molar-refractivity contribution in [3.8, 4) is 0 Å². The molecule has 0 saturated carbocycles. The Morgan fingerprint density at radius 1 is 1.20 bits per heavy atom. The van der Waals surface area contributed by atoms with Gasteiger partial charge in [-0.2, -0.15) is 0 Å². The lowest BCUT2D eigenvalue weighted by atomic mass is 10.1. The van der Waals surface area contributed by atoms with Crippen LogP contribution in [-0.4, -0.2) is 78.3 Å². The van der Waals surface area contributed by atoms with Gasteiger partial charge in [0.25, 0.3) is 0 Å². The molecule has 0 aliphatic rings. The Bertz CT molecular complexity index is 608. The van der Waals surface area contributed by atoms with Gasteiger partial charge in [0, 0.05) is 31.5 Å². The number of amides is 1. The maximum absolute atomic E-state index is 11.9. The van der Waals surface area contributed by atoms with Gasteiger partial charge in [-0.3, -0.25) is 19.7 Å². The number of carbonyl (C=O) groups is 3. The molecule has 1 heterocycles. The molecule has 10 heteroatoms. The number of nitrogens with zero attached hydrogens (tertiary/aromatic N) is 1. The number of hydrogen-bond donors (Lipinski definition) is 4. The predicted octanol–water partition coefficient (Wildman–Crippen LogP) is 0.684. The minimum atomic E-state index is -0.987. The monoisotopic (exact) mass is 426 g/mol. The highest BCUT2D eigenvalue weighted by atomic mass is 16.5. The molecule has 1 rings (SSSR count). The molecule has 30 heavy (non-hydrogen) atoms. The lowest BCUT2D eigenvalue weighted by Crippen LogP contribution is -2.39. The number of carboxylic acids is 1. The van der Waals surface area contributed by atoms with Crippen LogP contribution in [0.2, 0.25) is 0 Å². The number of carbonyl (C=O) groups excluding carboxylic acids is 2. The van der Waals surface area contributed by atoms with E-state index >= 15 is 0 Å². The fourth-order valence-electron chi connectivity index (χ4n) is 2.62. The average Bonchev–Trinajstić information content (AvgIpc) is 3.24. The zero-order valence-electron chi connectivity index (χ0n) is 17.7. The minimum absolute atomic E-state index is 0.0150. The number of imidazole rings is 1. The Hall–Kier alpha value is -2.30. The average molecular weight is 427 g/mol. The van der Waals surface area contributed by atoms with Crippen LogP contribution in [0.15, 0.2) is 12.5 Å². The van der Waals surface area contributed by atoms with Crippen molar-refractivity contribution in [3.63, 3.8) is 0 Å². The van der Waals surface area contributed by atoms with Crippen molar-refractivity contribution in [2.75, 3.05) is 39.5 Å². The Morgan fingerprint density at radius 3 is 2.70 bits per heavy atom. The van der Waals surface area contributed by atoms with Crippen LogP contribution >= 0.6 is 0 Å². The number of unbranched alkanes of at least 4 members (excludes halogenated alkanes) is 1. The lowest BCUT2D eigenvalue weighted by Gasteiger charge is -2.14. The summed E-state index contributed by atoms with van der Waals surface area (Å²) in [6.45, 7) is 3.99. The van der Waals surface area contributed by atoms with E-state index in [4.69, 9.17) is 9.47 Å². The number of aromatic amines is 1. The Morgan fingerprint density at radius 2 is 2.00 bits per heavy atom. The van der Waals surface area contributed by atoms with Crippen LogP contribution in [0.1, 0.15) is 44.7 Å². The quantitative estimate of drug-likeness (QED) is 0.237. The van der Waals surface area contributed by atoms with E-state index in [2.05, 4.69) is 20.6 Å². The van der Waals surface area contributed by atoms with Crippen molar-refractivity contribution in [1.82, 2.24) is 20.6 Å². The number of rotatable bonds is 19. The number of ether oxygens (including phenoxy) is 2. The molecule has 1 amide bonds. The van der Waals surface area contributed by atoms with E-state index in [1.165, 1.54) is 0 Å². The van der Waals surface area contributed by atoms with Crippen LogP contribution in [0.3, 0.4) is 0 Å². The molecule has 1 aromatic rings. The van der Waals surface area contributed by atoms with Crippen molar-refractivity contribution in [2.24, 2.45) is 0 Å². The van der Waals surface area contributed by atoms with Gasteiger partial charge in [0.1, 0.15) is 18.4 Å². The number of aromatic nitrogens is 2. The molecule has 4 N–H and O–H groups in total. The molecule has 0 aliphatic carbocycles. The smallest absolute Gasteiger partial charge is 0.320 e. The summed E-state index contributed by atoms with van der Waals surface area (Å²) < 4.78 is 10.5. The Kier molecular flexibility index (Phi) is 14.1. The molecule has 170 valence electrons. The highest BCUT2D eigenvalue weighted by Gasteiger charge is 2.17. The maximum atomic E-state index is 11.9. The van der Waals surface area contributed by atoms with E-state index in [9.17, 15) is 19.5 Å². The summed E-state index contributed by atoms with van der Waals surface area (Å²) in [6.07, 6.45) is 6.66. The fourth-order valence-corrected chi connectivity index (χ4v) is 2.62. The van der Waals surface area contributed by atoms with Crippen molar-refractivity contribution < 1.29 is 29.0 Å². The first-order valence-electron chi connectivity index (χ1n) is 10.4. The third-order valence-corrected chi connectivity index (χ3v) is 4.27. The van der Waals surface area contributed by atoms with E-state index in [-0.39, 0.29) is 24.8 Å². The number of aliphatic carboxylic acids is 1. The summed E-state index contributed by atoms with van der Waals surface area (Å²) in [4.78, 5) is 41.7. The first-order chi connectivity index (χ1) is 14.5. The molecule has 0 aromatic carbocycles. The van der Waals surface area contributed by atoms with Crippen molar-refractivity contribution in [2.45, 2.75) is 51.5 Å². The predicted molar refractivity (Wildman–Crippen MR) is 110 cm³/mol. The van der Waals surface area contributed by atoms with Gasteiger partial charge in [-0.25, -0.2) is 4.98 Å². The van der Waals surface area contributed by atoms with Gasteiger partial charge in [0.05, 0.1) is 26.1 Å². The number of carboxylic acid groups (broad SMARTS) is 1. The second kappa shape index (κ2) is 16.5. The summed E-state index contributed by atoms with van der Waals surface area (Å²) in [5, 5.41) is 14.8. The number of nitrogens with one attached hydrogen (secondary N) is 3. The summed E-state index contributed by atoms with van der Waals surface area (Å²) in [5.74, 6) is -1.25. The molecular weight excluding hydrogens is 392 g/mol. The zero-order valence-corrected chi connectivity index (χ0v) is 17.7. The highest BCUT2D eigenvalue weighted by molar-refractivity contribution is 5.82. The molecule has 0 spiro atoms. The molecular formula is C20H34N4O6. The Balaban J connectivity index is 2.07. The van der Waals surface area contributed by atoms with Crippen LogP contribution in [-0.2, 0) is 30.3 Å². The maximum Gasteiger partial charge on any atom is 0.320 e. The third kappa shape index (κ3) is 13.0. The van der Waals surface area contributed by atoms with Gasteiger partial charge >= 0.3 is 5.97 Å². The minimum Gasteiger partial charge on any atom is -0.480 e. The zero-order chi connectivity index (χ0) is 22.0. The summed E-state index contributed by atoms with van der Waals surface area (Å²) >= 11 is 0. The van der Waals surface area contributed by atoms with Crippen LogP contribution in [0, 0.1) is 0 Å². The standard InChI is InChI=1S/C20H34N4O6/c1-2-9-29-10-11-30-14-19(26)22-8-4-3-5-18(20(27)28)23-13-17(25)7-6-16-12-21-15-24-16/h12,15,18,23H,2-11,13-14H2,1H3,(H,21,24)(H,22,26)(H,27,28)/t18-/m0/s1. The summed E-state index contributed by atoms with van der Waals surface area (Å²) in [5.41, 5.74) is 0.871. The largest absolute Gasteiger partial charge is 0.480 e. The van der Waals surface area contributed by atoms with Crippen LogP contribution in [0.4, 0.5) is 0 Å². The molecule has 0 unspecified atom stereocenters. The van der Waals surface area contributed by atoms with Crippen LogP contribution in [0.5, 0.6) is 0 Å². The van der Waals surface area contributed by atoms with E-state index in [0.717, 1.165) is 12.1 Å². The van der Waals surface area contributed by atoms with Crippen molar-refractivity contribution >= 4 is 17.7 Å². The van der Waals surface area contributed by atoms with E-state index in [1.807, 2.05) is 6.92 Å². The van der Waals surface area contributed by atoms with Crippen molar-refractivity contribution in [3.05, 3.63) is 18.2 Å². The molecule has 0 saturated heterocycles. The molecule has 10 nitrogen and oxygen atoms in total. The lowest BCUT2D eigenvalue weighted by molar-refractivity contribution is -0.139. The Labute approximate surface area is 177 Å². The topological polar surface area (TPSA) is 143 Å². The van der Waals surface area contributed by atoms with E-state index in [1.54, 1.807) is 12.5 Å². The molecule has 1 aromatic heterocycles. The fraction of sp³-hybridized carbons (Fsp3) is 0.700. The first kappa shape index (κ1) is 25.7. The van der Waals surface area contributed by atoms with Gasteiger partial charge in [-0.1, -0.05) is 6.92 Å².